The van der Waals surface area contributed by atoms with Crippen LogP contribution in [0.3, 0.4) is 0 Å². The summed E-state index contributed by atoms with van der Waals surface area (Å²) < 4.78 is 28.3. The van der Waals surface area contributed by atoms with Crippen molar-refractivity contribution in [2.75, 3.05) is 6.61 Å². The van der Waals surface area contributed by atoms with E-state index in [0.29, 0.717) is 0 Å². The van der Waals surface area contributed by atoms with E-state index in [-0.39, 0.29) is 99.9 Å². The zero-order valence-corrected chi connectivity index (χ0v) is 35.2. The van der Waals surface area contributed by atoms with Crippen LogP contribution in [0.15, 0.2) is 12.2 Å². The van der Waals surface area contributed by atoms with E-state index in [9.17, 15) is 9.90 Å². The fraction of sp³-hybridized carbons (Fsp3) is 0.889. The first-order chi connectivity index (χ1) is 16.7. The van der Waals surface area contributed by atoms with Gasteiger partial charge in [-0.1, -0.05) is 93.9 Å². The molecule has 1 aliphatic carbocycles. The van der Waals surface area contributed by atoms with Crippen molar-refractivity contribution in [2.45, 2.75) is 146 Å². The largest absolute Gasteiger partial charge is 0.643 e. The molecule has 1 radical (unpaired) electrons. The number of hydrogen-bond donors (Lipinski definition) is 1. The Kier molecular flexibility index (Phi) is 12.6. The van der Waals surface area contributed by atoms with E-state index in [1.807, 2.05) is 6.08 Å². The Morgan fingerprint density at radius 3 is 1.74 bits per heavy atom. The molecule has 1 N–H and O–H groups in total. The molecular weight excluding hydrogens is 791 g/mol. The van der Waals surface area contributed by atoms with Gasteiger partial charge in [-0.05, 0) is 46.7 Å². The van der Waals surface area contributed by atoms with Crippen LogP contribution in [0.5, 0.6) is 0 Å². The Morgan fingerprint density at radius 1 is 0.974 bits per heavy atom. The van der Waals surface area contributed by atoms with Crippen LogP contribution in [0.4, 0.5) is 0 Å². The van der Waals surface area contributed by atoms with Crippen LogP contribution in [-0.4, -0.2) is 66.4 Å². The first-order valence-electron chi connectivity index (χ1n) is 14.1. The van der Waals surface area contributed by atoms with Crippen molar-refractivity contribution in [3.63, 3.8) is 0 Å². The van der Waals surface area contributed by atoms with Gasteiger partial charge in [0, 0.05) is 53.8 Å². The number of amides is 1. The number of hydrogen-bond acceptors (Lipinski definition) is 6. The van der Waals surface area contributed by atoms with Crippen LogP contribution in [0, 0.1) is 0 Å². The molecule has 223 valence electrons. The van der Waals surface area contributed by atoms with E-state index in [2.05, 4.69) is 94.6 Å². The smallest absolute Gasteiger partial charge is 0.335 e. The number of carbonyl (C=O) groups is 1. The zero-order chi connectivity index (χ0) is 28.4. The molecule has 0 saturated carbocycles. The molecule has 2 saturated heterocycles. The number of carbonyl (C=O) groups excluding carboxylic acids is 1. The second-order valence-electron chi connectivity index (χ2n) is 14.3. The molecule has 0 unspecified atom stereocenters. The SMILES string of the molecule is CC(C)[Si]1(C(C)C)O[C@@H]2[C@H](O[Si](C(C)C)(C(C)C)O1)[C@](O)(CO[Si](C)(C)C(C)(C)C)C=C[C@]21CC(=O)[N-]1.[W].[Y]. The van der Waals surface area contributed by atoms with Gasteiger partial charge in [0.05, 0.1) is 18.6 Å². The summed E-state index contributed by atoms with van der Waals surface area (Å²) in [5.74, 6) is -0.141. The summed E-state index contributed by atoms with van der Waals surface area (Å²) in [5, 5.41) is 16.8. The second-order valence-corrected chi connectivity index (χ2v) is 27.9. The molecule has 2 heterocycles. The van der Waals surface area contributed by atoms with E-state index >= 15 is 0 Å². The number of fused-ring (bicyclic) bond motifs is 2. The minimum Gasteiger partial charge on any atom is -0.643 e. The summed E-state index contributed by atoms with van der Waals surface area (Å²) in [4.78, 5) is 12.2. The molecule has 39 heavy (non-hydrogen) atoms. The quantitative estimate of drug-likeness (QED) is 0.175. The van der Waals surface area contributed by atoms with Crippen LogP contribution >= 0.6 is 0 Å². The number of nitrogens with zero attached hydrogens (tertiary/aromatic N) is 1. The Bertz CT molecular complexity index is 886. The fourth-order valence-corrected chi connectivity index (χ4v) is 18.1. The van der Waals surface area contributed by atoms with Gasteiger partial charge in [-0.25, -0.2) is 0 Å². The average molecular weight is 844 g/mol. The van der Waals surface area contributed by atoms with E-state index < -0.39 is 48.8 Å². The van der Waals surface area contributed by atoms with Crippen molar-refractivity contribution < 1.29 is 81.1 Å². The molecule has 7 nitrogen and oxygen atoms in total. The van der Waals surface area contributed by atoms with E-state index in [1.165, 1.54) is 0 Å². The molecule has 0 aromatic rings. The third kappa shape index (κ3) is 6.76. The number of rotatable bonds is 7. The summed E-state index contributed by atoms with van der Waals surface area (Å²) in [6.45, 7) is 28.4. The minimum absolute atomic E-state index is 0. The number of β-lactam (4-membered cyclic amide) rings is 1. The molecule has 0 aromatic carbocycles. The summed E-state index contributed by atoms with van der Waals surface area (Å²) in [6.07, 6.45) is 2.55. The van der Waals surface area contributed by atoms with Crippen molar-refractivity contribution in [3.8, 4) is 0 Å². The molecule has 2 fully saturated rings. The van der Waals surface area contributed by atoms with Crippen molar-refractivity contribution >= 4 is 31.3 Å². The van der Waals surface area contributed by atoms with Crippen molar-refractivity contribution in [3.05, 3.63) is 17.5 Å². The fourth-order valence-electron chi connectivity index (χ4n) is 5.74. The Balaban J connectivity index is 0.00000380. The Labute approximate surface area is 280 Å². The molecule has 1 spiro atoms. The summed E-state index contributed by atoms with van der Waals surface area (Å²) in [7, 11) is -8.04. The van der Waals surface area contributed by atoms with Gasteiger partial charge >= 0.3 is 17.1 Å². The van der Waals surface area contributed by atoms with Crippen LogP contribution in [-0.2, 0) is 76.0 Å². The van der Waals surface area contributed by atoms with Gasteiger partial charge in [0.2, 0.25) is 0 Å². The molecule has 3 aliphatic rings. The normalized spacial score (nSPS) is 31.9. The molecule has 2 aliphatic heterocycles. The number of aliphatic hydroxyl groups is 1. The predicted octanol–water partition coefficient (Wildman–Crippen LogP) is 6.67. The Morgan fingerprint density at radius 2 is 1.38 bits per heavy atom. The summed E-state index contributed by atoms with van der Waals surface area (Å²) in [5.41, 5.74) is -1.71. The van der Waals surface area contributed by atoms with E-state index in [4.69, 9.17) is 17.4 Å². The monoisotopic (exact) mass is 843 g/mol. The standard InChI is InChI=1S/C27H53NO6Si3.W.Y/c1-18(2)36(19(3)4)32-23-24(33-37(34-36,20(5)6)21(7)8)27(30,15-14-26(23)16-22(29)28-26)17-31-35(12,13)25(9,10)11;;/h14-15,18-21,23-24,30H,16-17H2,1-13H3,(H,28,29);;/p-1/t23-,24+,26+,27-;;/m1../s1. The first-order valence-corrected chi connectivity index (χ1v) is 20.9. The molecular formula is C27H52NO6Si3WY-. The van der Waals surface area contributed by atoms with Crippen molar-refractivity contribution in [2.24, 2.45) is 0 Å². The van der Waals surface area contributed by atoms with Crippen LogP contribution in [0.25, 0.3) is 5.32 Å². The second kappa shape index (κ2) is 12.8. The zero-order valence-electron chi connectivity index (χ0n) is 26.5. The third-order valence-electron chi connectivity index (χ3n) is 9.32. The van der Waals surface area contributed by atoms with Gasteiger partial charge in [0.1, 0.15) is 11.7 Å². The van der Waals surface area contributed by atoms with Gasteiger partial charge in [0.15, 0.2) is 8.32 Å². The Hall–Kier alpha value is 1.45. The van der Waals surface area contributed by atoms with Crippen LogP contribution in [0.2, 0.25) is 40.3 Å². The van der Waals surface area contributed by atoms with Gasteiger partial charge in [-0.2, -0.15) is 0 Å². The van der Waals surface area contributed by atoms with E-state index in [1.54, 1.807) is 6.08 Å². The maximum Gasteiger partial charge on any atom is 0.335 e. The molecule has 3 rings (SSSR count). The van der Waals surface area contributed by atoms with Crippen molar-refractivity contribution in [1.29, 1.82) is 0 Å². The molecule has 0 aromatic heterocycles. The topological polar surface area (TPSA) is 88.3 Å². The molecule has 12 heteroatoms. The molecule has 0 bridgehead atoms. The van der Waals surface area contributed by atoms with Gasteiger partial charge in [0.25, 0.3) is 0 Å². The third-order valence-corrected chi connectivity index (χ3v) is 24.0. The average Bonchev–Trinajstić information content (AvgIpc) is 2.91. The summed E-state index contributed by atoms with van der Waals surface area (Å²) in [6, 6.07) is 0. The molecule has 4 atom stereocenters. The summed E-state index contributed by atoms with van der Waals surface area (Å²) >= 11 is 0. The van der Waals surface area contributed by atoms with E-state index in [0.717, 1.165) is 0 Å². The predicted molar refractivity (Wildman–Crippen MR) is 156 cm³/mol. The maximum absolute atomic E-state index is 12.3. The molecule has 1 amide bonds. The van der Waals surface area contributed by atoms with Crippen LogP contribution in [0.1, 0.15) is 82.6 Å². The van der Waals surface area contributed by atoms with Gasteiger partial charge in [-0.3, -0.25) is 0 Å². The maximum atomic E-state index is 12.3. The van der Waals surface area contributed by atoms with Crippen molar-refractivity contribution in [1.82, 2.24) is 0 Å². The first kappa shape index (κ1) is 38.5. The minimum atomic E-state index is -2.95. The van der Waals surface area contributed by atoms with Crippen LogP contribution < -0.4 is 0 Å². The van der Waals surface area contributed by atoms with Gasteiger partial charge < -0.3 is 32.6 Å². The van der Waals surface area contributed by atoms with Gasteiger partial charge in [-0.15, -0.1) is 0 Å².